The Balaban J connectivity index is 1.21. The molecule has 0 aliphatic carbocycles. The smallest absolute Gasteiger partial charge is 0.238 e. The largest absolute Gasteiger partial charge is 0.340 e. The first kappa shape index (κ1) is 25.6. The summed E-state index contributed by atoms with van der Waals surface area (Å²) in [5.41, 5.74) is 5.15. The second-order valence-electron chi connectivity index (χ2n) is 9.76. The maximum absolute atomic E-state index is 12.7. The molecule has 3 aromatic rings. The van der Waals surface area contributed by atoms with Crippen LogP contribution in [0.3, 0.4) is 0 Å². The van der Waals surface area contributed by atoms with Gasteiger partial charge in [-0.2, -0.15) is 4.98 Å². The first-order valence-electron chi connectivity index (χ1n) is 12.6. The van der Waals surface area contributed by atoms with Gasteiger partial charge in [-0.3, -0.25) is 14.5 Å². The number of anilines is 1. The molecule has 0 radical (unpaired) electrons. The third-order valence-corrected chi connectivity index (χ3v) is 6.69. The van der Waals surface area contributed by atoms with E-state index in [1.54, 1.807) is 0 Å². The number of nitrogens with one attached hydrogen (secondary N) is 1. The van der Waals surface area contributed by atoms with Crippen molar-refractivity contribution in [3.63, 3.8) is 0 Å². The molecular weight excluding hydrogens is 454 g/mol. The maximum Gasteiger partial charge on any atom is 0.238 e. The van der Waals surface area contributed by atoms with Crippen molar-refractivity contribution < 1.29 is 14.1 Å². The number of rotatable bonds is 8. The quantitative estimate of drug-likeness (QED) is 0.510. The Morgan fingerprint density at radius 2 is 1.67 bits per heavy atom. The molecule has 0 spiro atoms. The molecule has 1 fully saturated rings. The van der Waals surface area contributed by atoms with Gasteiger partial charge >= 0.3 is 0 Å². The van der Waals surface area contributed by atoms with Gasteiger partial charge in [-0.25, -0.2) is 0 Å². The Morgan fingerprint density at radius 1 is 1.00 bits per heavy atom. The lowest BCUT2D eigenvalue weighted by atomic mass is 10.0. The molecule has 0 unspecified atom stereocenters. The van der Waals surface area contributed by atoms with Crippen LogP contribution in [0.1, 0.15) is 48.8 Å². The average molecular weight is 490 g/mol. The predicted octanol–water partition coefficient (Wildman–Crippen LogP) is 4.19. The number of hydrogen-bond acceptors (Lipinski definition) is 6. The zero-order chi connectivity index (χ0) is 25.7. The molecule has 1 N–H and O–H groups in total. The van der Waals surface area contributed by atoms with Crippen LogP contribution in [-0.4, -0.2) is 64.5 Å². The third kappa shape index (κ3) is 6.37. The fourth-order valence-electron chi connectivity index (χ4n) is 4.41. The Morgan fingerprint density at radius 3 is 2.31 bits per heavy atom. The Bertz CT molecular complexity index is 1170. The summed E-state index contributed by atoms with van der Waals surface area (Å²) >= 11 is 0. The summed E-state index contributed by atoms with van der Waals surface area (Å²) in [5.74, 6) is 1.51. The fraction of sp³-hybridized carbons (Fsp3) is 0.429. The molecule has 190 valence electrons. The summed E-state index contributed by atoms with van der Waals surface area (Å²) in [6.07, 6.45) is 0.731. The molecule has 0 atom stereocenters. The third-order valence-electron chi connectivity index (χ3n) is 6.69. The Labute approximate surface area is 212 Å². The highest BCUT2D eigenvalue weighted by atomic mass is 16.5. The highest BCUT2D eigenvalue weighted by Gasteiger charge is 2.23. The minimum atomic E-state index is -0.0294. The number of para-hydroxylation sites is 1. The molecule has 8 nitrogen and oxygen atoms in total. The van der Waals surface area contributed by atoms with Crippen LogP contribution in [0, 0.1) is 13.8 Å². The zero-order valence-corrected chi connectivity index (χ0v) is 21.6. The van der Waals surface area contributed by atoms with Gasteiger partial charge in [-0.1, -0.05) is 61.5 Å². The predicted molar refractivity (Wildman–Crippen MR) is 140 cm³/mol. The normalized spacial score (nSPS) is 14.3. The number of carbonyl (C=O) groups excluding carboxylic acids is 2. The van der Waals surface area contributed by atoms with Crippen molar-refractivity contribution in [3.8, 4) is 11.4 Å². The average Bonchev–Trinajstić information content (AvgIpc) is 3.34. The van der Waals surface area contributed by atoms with Gasteiger partial charge in [0.05, 0.1) is 6.54 Å². The summed E-state index contributed by atoms with van der Waals surface area (Å²) < 4.78 is 5.38. The van der Waals surface area contributed by atoms with Crippen molar-refractivity contribution in [3.05, 3.63) is 65.0 Å². The van der Waals surface area contributed by atoms with Crippen LogP contribution in [0.2, 0.25) is 0 Å². The second kappa shape index (κ2) is 11.5. The molecule has 2 heterocycles. The highest BCUT2D eigenvalue weighted by molar-refractivity contribution is 5.93. The molecule has 1 aliphatic rings. The molecular formula is C28H35N5O3. The van der Waals surface area contributed by atoms with E-state index in [9.17, 15) is 9.59 Å². The first-order valence-corrected chi connectivity index (χ1v) is 12.6. The van der Waals surface area contributed by atoms with Crippen molar-refractivity contribution in [1.82, 2.24) is 19.9 Å². The van der Waals surface area contributed by atoms with E-state index in [-0.39, 0.29) is 11.8 Å². The molecule has 0 saturated carbocycles. The van der Waals surface area contributed by atoms with Crippen LogP contribution < -0.4 is 5.32 Å². The minimum absolute atomic E-state index is 0.0294. The van der Waals surface area contributed by atoms with Crippen LogP contribution in [0.25, 0.3) is 11.4 Å². The molecule has 2 amide bonds. The molecule has 36 heavy (non-hydrogen) atoms. The van der Waals surface area contributed by atoms with Gasteiger partial charge in [0.2, 0.25) is 23.5 Å². The van der Waals surface area contributed by atoms with E-state index in [2.05, 4.69) is 46.3 Å². The molecule has 1 aliphatic heterocycles. The van der Waals surface area contributed by atoms with Crippen molar-refractivity contribution >= 4 is 17.5 Å². The number of aromatic nitrogens is 2. The van der Waals surface area contributed by atoms with Crippen LogP contribution in [-0.2, 0) is 16.0 Å². The summed E-state index contributed by atoms with van der Waals surface area (Å²) in [6.45, 7) is 11.2. The standard InChI is InChI=1S/C28H35N5O3/c1-19(2)22-8-10-23(11-9-22)28-30-25(36-31-28)12-13-26(35)33-16-14-32(15-17-33)18-24(34)29-27-20(3)6-5-7-21(27)4/h5-11,19H,12-18H2,1-4H3,(H,29,34). The van der Waals surface area contributed by atoms with Gasteiger partial charge in [-0.15, -0.1) is 0 Å². The van der Waals surface area contributed by atoms with Crippen molar-refractivity contribution in [2.75, 3.05) is 38.0 Å². The number of amides is 2. The van der Waals surface area contributed by atoms with Crippen molar-refractivity contribution in [2.24, 2.45) is 0 Å². The summed E-state index contributed by atoms with van der Waals surface area (Å²) in [6, 6.07) is 14.1. The second-order valence-corrected chi connectivity index (χ2v) is 9.76. The van der Waals surface area contributed by atoms with Crippen LogP contribution in [0.15, 0.2) is 47.0 Å². The van der Waals surface area contributed by atoms with Gasteiger partial charge in [-0.05, 0) is 36.5 Å². The fourth-order valence-corrected chi connectivity index (χ4v) is 4.41. The lowest BCUT2D eigenvalue weighted by Gasteiger charge is -2.34. The molecule has 1 aromatic heterocycles. The number of piperazine rings is 1. The molecule has 4 rings (SSSR count). The van der Waals surface area contributed by atoms with Crippen molar-refractivity contribution in [1.29, 1.82) is 0 Å². The lowest BCUT2D eigenvalue weighted by Crippen LogP contribution is -2.50. The molecule has 2 aromatic carbocycles. The van der Waals surface area contributed by atoms with E-state index in [0.29, 0.717) is 63.2 Å². The van der Waals surface area contributed by atoms with Crippen LogP contribution >= 0.6 is 0 Å². The van der Waals surface area contributed by atoms with E-state index < -0.39 is 0 Å². The van der Waals surface area contributed by atoms with Gasteiger partial charge in [0.15, 0.2) is 0 Å². The SMILES string of the molecule is Cc1cccc(C)c1NC(=O)CN1CCN(C(=O)CCc2nc(-c3ccc(C(C)C)cc3)no2)CC1. The summed E-state index contributed by atoms with van der Waals surface area (Å²) in [4.78, 5) is 33.7. The number of benzene rings is 2. The summed E-state index contributed by atoms with van der Waals surface area (Å²) in [7, 11) is 0. The topological polar surface area (TPSA) is 91.6 Å². The van der Waals surface area contributed by atoms with Crippen LogP contribution in [0.4, 0.5) is 5.69 Å². The monoisotopic (exact) mass is 489 g/mol. The zero-order valence-electron chi connectivity index (χ0n) is 21.6. The Hall–Kier alpha value is -3.52. The molecule has 8 heteroatoms. The number of carbonyl (C=O) groups is 2. The van der Waals surface area contributed by atoms with Gasteiger partial charge < -0.3 is 14.7 Å². The van der Waals surface area contributed by atoms with Gasteiger partial charge in [0.25, 0.3) is 0 Å². The highest BCUT2D eigenvalue weighted by Crippen LogP contribution is 2.21. The van der Waals surface area contributed by atoms with E-state index in [0.717, 1.165) is 22.4 Å². The van der Waals surface area contributed by atoms with Crippen LogP contribution in [0.5, 0.6) is 0 Å². The van der Waals surface area contributed by atoms with E-state index >= 15 is 0 Å². The summed E-state index contributed by atoms with van der Waals surface area (Å²) in [5, 5.41) is 7.11. The van der Waals surface area contributed by atoms with E-state index in [1.165, 1.54) is 5.56 Å². The van der Waals surface area contributed by atoms with Crippen molar-refractivity contribution in [2.45, 2.75) is 46.5 Å². The number of hydrogen-bond donors (Lipinski definition) is 1. The number of aryl methyl sites for hydroxylation is 3. The molecule has 1 saturated heterocycles. The Kier molecular flexibility index (Phi) is 8.15. The molecule has 0 bridgehead atoms. The van der Waals surface area contributed by atoms with E-state index in [1.807, 2.05) is 49.1 Å². The minimum Gasteiger partial charge on any atom is -0.340 e. The number of nitrogens with zero attached hydrogens (tertiary/aromatic N) is 4. The lowest BCUT2D eigenvalue weighted by molar-refractivity contribution is -0.133. The van der Waals surface area contributed by atoms with E-state index in [4.69, 9.17) is 4.52 Å². The first-order chi connectivity index (χ1) is 17.3. The van der Waals surface area contributed by atoms with Gasteiger partial charge in [0, 0.05) is 50.3 Å². The van der Waals surface area contributed by atoms with Gasteiger partial charge in [0.1, 0.15) is 0 Å². The maximum atomic E-state index is 12.7.